The molecule has 2 aromatic rings. The van der Waals surface area contributed by atoms with E-state index in [4.69, 9.17) is 0 Å². The summed E-state index contributed by atoms with van der Waals surface area (Å²) in [6, 6.07) is 8.97. The SMILES string of the molecule is CCCCCCN(C(=O)C(C)(C)CC)c1ccc(F)[c-]c1F.CCCCCCN(C(=O)C(C)(C)CC)c1ccc(F)[c-]c1F.[Ti+2]. The average Bonchev–Trinajstić information content (AvgIpc) is 2.98. The van der Waals surface area contributed by atoms with Crippen LogP contribution in [-0.4, -0.2) is 24.9 Å². The van der Waals surface area contributed by atoms with Crippen LogP contribution in [0.3, 0.4) is 0 Å². The smallest absolute Gasteiger partial charge is 0.363 e. The second-order valence-electron chi connectivity index (χ2n) is 12.5. The van der Waals surface area contributed by atoms with Crippen LogP contribution in [0.5, 0.6) is 0 Å². The summed E-state index contributed by atoms with van der Waals surface area (Å²) in [4.78, 5) is 28.4. The van der Waals surface area contributed by atoms with Gasteiger partial charge in [-0.1, -0.05) is 93.9 Å². The Balaban J connectivity index is 0.000000842. The Morgan fingerprint density at radius 1 is 0.600 bits per heavy atom. The first-order valence-corrected chi connectivity index (χ1v) is 16.0. The summed E-state index contributed by atoms with van der Waals surface area (Å²) in [7, 11) is 0. The summed E-state index contributed by atoms with van der Waals surface area (Å²) in [5.74, 6) is -3.40. The number of carbonyl (C=O) groups excluding carboxylic acids is 2. The van der Waals surface area contributed by atoms with Crippen molar-refractivity contribution >= 4 is 23.2 Å². The van der Waals surface area contributed by atoms with E-state index in [9.17, 15) is 27.2 Å². The Hall–Kier alpha value is -2.19. The third-order valence-electron chi connectivity index (χ3n) is 8.15. The van der Waals surface area contributed by atoms with Gasteiger partial charge in [0, 0.05) is 47.2 Å². The van der Waals surface area contributed by atoms with Gasteiger partial charge in [-0.3, -0.25) is 9.59 Å². The Morgan fingerprint density at radius 3 is 1.20 bits per heavy atom. The molecule has 0 N–H and O–H groups in total. The van der Waals surface area contributed by atoms with E-state index < -0.39 is 34.1 Å². The zero-order valence-electron chi connectivity index (χ0n) is 28.5. The molecule has 2 amide bonds. The molecule has 0 saturated heterocycles. The number of hydrogen-bond donors (Lipinski definition) is 0. The molecule has 2 aromatic carbocycles. The molecule has 0 bridgehead atoms. The van der Waals surface area contributed by atoms with Crippen LogP contribution in [0.2, 0.25) is 0 Å². The van der Waals surface area contributed by atoms with Gasteiger partial charge in [0.15, 0.2) is 0 Å². The predicted octanol–water partition coefficient (Wildman–Crippen LogP) is 10.2. The van der Waals surface area contributed by atoms with Gasteiger partial charge in [-0.25, -0.2) is 17.6 Å². The van der Waals surface area contributed by atoms with Crippen molar-refractivity contribution in [3.63, 3.8) is 0 Å². The van der Waals surface area contributed by atoms with Gasteiger partial charge in [-0.05, 0) is 37.1 Å². The van der Waals surface area contributed by atoms with E-state index in [1.807, 2.05) is 53.7 Å². The summed E-state index contributed by atoms with van der Waals surface area (Å²) in [6.07, 6.45) is 9.23. The first-order chi connectivity index (χ1) is 20.7. The number of carbonyl (C=O) groups is 2. The standard InChI is InChI=1S/2C18H26F2NO.Ti/c2*1-5-7-8-9-12-21(17(22)18(3,4)6-2)16-11-10-14(19)13-15(16)20;/h2*10-11H,5-9,12H2,1-4H3;/q2*-1;+2. The molecule has 250 valence electrons. The summed E-state index contributed by atoms with van der Waals surface area (Å²) < 4.78 is 54.2. The molecule has 0 aliphatic heterocycles. The number of benzene rings is 2. The number of amides is 2. The van der Waals surface area contributed by atoms with Crippen LogP contribution in [0.25, 0.3) is 0 Å². The first kappa shape index (κ1) is 42.8. The minimum atomic E-state index is -0.809. The van der Waals surface area contributed by atoms with Crippen LogP contribution in [0.4, 0.5) is 28.9 Å². The molecule has 45 heavy (non-hydrogen) atoms. The number of rotatable bonds is 16. The molecular formula is C36H52F4N2O2Ti. The van der Waals surface area contributed by atoms with E-state index in [1.54, 1.807) is 0 Å². The largest absolute Gasteiger partial charge is 2.00 e. The molecule has 0 spiro atoms. The molecule has 0 fully saturated rings. The Morgan fingerprint density at radius 2 is 0.933 bits per heavy atom. The topological polar surface area (TPSA) is 40.6 Å². The van der Waals surface area contributed by atoms with Gasteiger partial charge in [0.25, 0.3) is 0 Å². The van der Waals surface area contributed by atoms with Crippen molar-refractivity contribution in [2.24, 2.45) is 10.8 Å². The summed E-state index contributed by atoms with van der Waals surface area (Å²) in [6.45, 7) is 16.4. The summed E-state index contributed by atoms with van der Waals surface area (Å²) >= 11 is 0. The summed E-state index contributed by atoms with van der Waals surface area (Å²) in [5, 5.41) is 0. The maximum atomic E-state index is 14.0. The van der Waals surface area contributed by atoms with Crippen molar-refractivity contribution in [1.29, 1.82) is 0 Å². The Kier molecular flexibility index (Phi) is 19.8. The fourth-order valence-electron chi connectivity index (χ4n) is 4.38. The molecule has 0 radical (unpaired) electrons. The van der Waals surface area contributed by atoms with Gasteiger partial charge in [0.05, 0.1) is 0 Å². The second kappa shape index (κ2) is 20.8. The minimum Gasteiger partial charge on any atom is -0.363 e. The number of hydrogen-bond acceptors (Lipinski definition) is 2. The van der Waals surface area contributed by atoms with Gasteiger partial charge in [-0.15, -0.1) is 36.4 Å². The van der Waals surface area contributed by atoms with Crippen molar-refractivity contribution in [3.8, 4) is 0 Å². The first-order valence-electron chi connectivity index (χ1n) is 16.0. The third kappa shape index (κ3) is 13.6. The molecule has 0 aliphatic carbocycles. The molecule has 9 heteroatoms. The van der Waals surface area contributed by atoms with Crippen molar-refractivity contribution in [3.05, 3.63) is 59.7 Å². The van der Waals surface area contributed by atoms with Crippen molar-refractivity contribution in [2.75, 3.05) is 22.9 Å². The van der Waals surface area contributed by atoms with E-state index in [2.05, 4.69) is 13.8 Å². The van der Waals surface area contributed by atoms with Gasteiger partial charge in [-0.2, -0.15) is 0 Å². The minimum absolute atomic E-state index is 0. The number of nitrogens with zero attached hydrogens (tertiary/aromatic N) is 2. The molecule has 0 aromatic heterocycles. The van der Waals surface area contributed by atoms with Crippen molar-refractivity contribution in [1.82, 2.24) is 0 Å². The zero-order valence-corrected chi connectivity index (χ0v) is 30.1. The van der Waals surface area contributed by atoms with Crippen LogP contribution >= 0.6 is 0 Å². The van der Waals surface area contributed by atoms with E-state index in [1.165, 1.54) is 21.9 Å². The van der Waals surface area contributed by atoms with E-state index in [0.29, 0.717) is 25.9 Å². The molecule has 0 unspecified atom stereocenters. The molecule has 0 saturated carbocycles. The van der Waals surface area contributed by atoms with Crippen LogP contribution in [0.15, 0.2) is 24.3 Å². The van der Waals surface area contributed by atoms with Gasteiger partial charge < -0.3 is 9.80 Å². The molecule has 2 rings (SSSR count). The molecule has 4 nitrogen and oxygen atoms in total. The number of unbranched alkanes of at least 4 members (excludes halogenated alkanes) is 6. The van der Waals surface area contributed by atoms with Crippen LogP contribution < -0.4 is 9.80 Å². The van der Waals surface area contributed by atoms with Crippen LogP contribution in [0, 0.1) is 46.2 Å². The van der Waals surface area contributed by atoms with Crippen LogP contribution in [-0.2, 0) is 31.3 Å². The zero-order chi connectivity index (χ0) is 33.5. The maximum Gasteiger partial charge on any atom is 2.00 e. The monoisotopic (exact) mass is 668 g/mol. The van der Waals surface area contributed by atoms with Gasteiger partial charge in [0.2, 0.25) is 11.8 Å². The number of anilines is 2. The third-order valence-corrected chi connectivity index (χ3v) is 8.15. The van der Waals surface area contributed by atoms with E-state index in [0.717, 1.165) is 63.5 Å². The maximum absolute atomic E-state index is 14.0. The Labute approximate surface area is 284 Å². The molecule has 0 heterocycles. The average molecular weight is 669 g/mol. The van der Waals surface area contributed by atoms with Crippen molar-refractivity contribution in [2.45, 2.75) is 120 Å². The normalized spacial score (nSPS) is 11.3. The van der Waals surface area contributed by atoms with E-state index >= 15 is 0 Å². The summed E-state index contributed by atoms with van der Waals surface area (Å²) in [5.41, 5.74) is -0.925. The molecular weight excluding hydrogens is 616 g/mol. The predicted molar refractivity (Wildman–Crippen MR) is 172 cm³/mol. The Bertz CT molecular complexity index is 1100. The fraction of sp³-hybridized carbons (Fsp3) is 0.611. The van der Waals surface area contributed by atoms with Gasteiger partial charge >= 0.3 is 21.7 Å². The second-order valence-corrected chi connectivity index (χ2v) is 12.5. The molecule has 0 aliphatic rings. The molecule has 0 atom stereocenters. The fourth-order valence-corrected chi connectivity index (χ4v) is 4.38. The van der Waals surface area contributed by atoms with Crippen LogP contribution in [0.1, 0.15) is 120 Å². The van der Waals surface area contributed by atoms with Gasteiger partial charge in [0.1, 0.15) is 0 Å². The van der Waals surface area contributed by atoms with E-state index in [-0.39, 0.29) is 44.9 Å². The van der Waals surface area contributed by atoms with Crippen molar-refractivity contribution < 1.29 is 48.9 Å². The number of halogens is 4. The quantitative estimate of drug-likeness (QED) is 0.0773.